The molecule has 26 heavy (non-hydrogen) atoms. The van der Waals surface area contributed by atoms with Crippen LogP contribution in [0.5, 0.6) is 0 Å². The molecule has 1 atom stereocenters. The summed E-state index contributed by atoms with van der Waals surface area (Å²) in [5.74, 6) is -0.418. The quantitative estimate of drug-likeness (QED) is 0.638. The highest BCUT2D eigenvalue weighted by Gasteiger charge is 2.29. The van der Waals surface area contributed by atoms with E-state index in [-0.39, 0.29) is 17.9 Å². The number of pyridine rings is 1. The first-order chi connectivity index (χ1) is 12.7. The molecule has 2 aromatic heterocycles. The molecule has 2 heterocycles. The summed E-state index contributed by atoms with van der Waals surface area (Å²) in [6.07, 6.45) is 5.76. The maximum atomic E-state index is 12.8. The van der Waals surface area contributed by atoms with Gasteiger partial charge in [-0.2, -0.15) is 0 Å². The number of aromatic amines is 1. The zero-order chi connectivity index (χ0) is 17.9. The SMILES string of the molecule is O=C(NC(Cc1ccccc1)C(=O)NC1CC1)c1c[nH]c2ncccc12. The van der Waals surface area contributed by atoms with Crippen molar-refractivity contribution in [1.82, 2.24) is 20.6 Å². The lowest BCUT2D eigenvalue weighted by molar-refractivity contribution is -0.123. The lowest BCUT2D eigenvalue weighted by Gasteiger charge is -2.18. The van der Waals surface area contributed by atoms with Gasteiger partial charge in [0.15, 0.2) is 0 Å². The summed E-state index contributed by atoms with van der Waals surface area (Å²) in [6, 6.07) is 13.0. The largest absolute Gasteiger partial charge is 0.352 e. The van der Waals surface area contributed by atoms with E-state index in [4.69, 9.17) is 0 Å². The van der Waals surface area contributed by atoms with Crippen molar-refractivity contribution in [2.24, 2.45) is 0 Å². The van der Waals surface area contributed by atoms with Crippen LogP contribution < -0.4 is 10.6 Å². The summed E-state index contributed by atoms with van der Waals surface area (Å²) in [7, 11) is 0. The van der Waals surface area contributed by atoms with Gasteiger partial charge >= 0.3 is 0 Å². The minimum Gasteiger partial charge on any atom is -0.352 e. The zero-order valence-electron chi connectivity index (χ0n) is 14.2. The number of carbonyl (C=O) groups is 2. The van der Waals surface area contributed by atoms with E-state index in [0.29, 0.717) is 17.6 Å². The van der Waals surface area contributed by atoms with E-state index in [1.807, 2.05) is 36.4 Å². The Kier molecular flexibility index (Phi) is 4.39. The van der Waals surface area contributed by atoms with Crippen LogP contribution in [0.25, 0.3) is 11.0 Å². The number of amides is 2. The van der Waals surface area contributed by atoms with Gasteiger partial charge in [0.2, 0.25) is 5.91 Å². The van der Waals surface area contributed by atoms with E-state index < -0.39 is 6.04 Å². The van der Waals surface area contributed by atoms with Gasteiger partial charge in [-0.05, 0) is 30.5 Å². The molecule has 1 saturated carbocycles. The third-order valence-corrected chi connectivity index (χ3v) is 4.52. The predicted octanol–water partition coefficient (Wildman–Crippen LogP) is 2.18. The Morgan fingerprint density at radius 2 is 1.96 bits per heavy atom. The van der Waals surface area contributed by atoms with Crippen molar-refractivity contribution in [3.63, 3.8) is 0 Å². The average Bonchev–Trinajstić information content (AvgIpc) is 3.37. The van der Waals surface area contributed by atoms with E-state index in [9.17, 15) is 9.59 Å². The van der Waals surface area contributed by atoms with Crippen LogP contribution in [0, 0.1) is 0 Å². The zero-order valence-corrected chi connectivity index (χ0v) is 14.2. The second-order valence-electron chi connectivity index (χ2n) is 6.60. The van der Waals surface area contributed by atoms with E-state index in [2.05, 4.69) is 20.6 Å². The van der Waals surface area contributed by atoms with E-state index in [0.717, 1.165) is 23.8 Å². The molecule has 0 spiro atoms. The lowest BCUT2D eigenvalue weighted by Crippen LogP contribution is -2.48. The molecule has 1 aliphatic rings. The third-order valence-electron chi connectivity index (χ3n) is 4.52. The van der Waals surface area contributed by atoms with E-state index >= 15 is 0 Å². The minimum absolute atomic E-state index is 0.136. The number of fused-ring (bicyclic) bond motifs is 1. The van der Waals surface area contributed by atoms with Crippen molar-refractivity contribution in [1.29, 1.82) is 0 Å². The van der Waals surface area contributed by atoms with Gasteiger partial charge in [-0.25, -0.2) is 4.98 Å². The van der Waals surface area contributed by atoms with Crippen molar-refractivity contribution < 1.29 is 9.59 Å². The molecule has 4 rings (SSSR count). The number of benzene rings is 1. The van der Waals surface area contributed by atoms with E-state index in [1.165, 1.54) is 0 Å². The van der Waals surface area contributed by atoms with Crippen molar-refractivity contribution in [2.45, 2.75) is 31.3 Å². The molecule has 0 saturated heterocycles. The van der Waals surface area contributed by atoms with Gasteiger partial charge in [0.1, 0.15) is 11.7 Å². The maximum absolute atomic E-state index is 12.8. The molecule has 2 amide bonds. The highest BCUT2D eigenvalue weighted by atomic mass is 16.2. The molecule has 0 aliphatic heterocycles. The molecule has 132 valence electrons. The summed E-state index contributed by atoms with van der Waals surface area (Å²) >= 11 is 0. The van der Waals surface area contributed by atoms with E-state index in [1.54, 1.807) is 18.5 Å². The minimum atomic E-state index is -0.618. The molecule has 0 bridgehead atoms. The van der Waals surface area contributed by atoms with Crippen LogP contribution in [-0.4, -0.2) is 33.9 Å². The number of rotatable bonds is 6. The van der Waals surface area contributed by atoms with Crippen LogP contribution in [0.3, 0.4) is 0 Å². The summed E-state index contributed by atoms with van der Waals surface area (Å²) in [5.41, 5.74) is 2.15. The van der Waals surface area contributed by atoms with Crippen molar-refractivity contribution in [3.8, 4) is 0 Å². The van der Waals surface area contributed by atoms with Crippen LogP contribution in [0.15, 0.2) is 54.9 Å². The normalized spacial score (nSPS) is 14.8. The van der Waals surface area contributed by atoms with Crippen LogP contribution in [-0.2, 0) is 11.2 Å². The Balaban J connectivity index is 1.54. The predicted molar refractivity (Wildman–Crippen MR) is 98.7 cm³/mol. The van der Waals surface area contributed by atoms with Gasteiger partial charge in [0.25, 0.3) is 5.91 Å². The number of carbonyl (C=O) groups excluding carboxylic acids is 2. The van der Waals surface area contributed by atoms with Gasteiger partial charge in [0.05, 0.1) is 5.56 Å². The first kappa shape index (κ1) is 16.3. The fraction of sp³-hybridized carbons (Fsp3) is 0.250. The molecule has 1 unspecified atom stereocenters. The summed E-state index contributed by atoms with van der Waals surface area (Å²) < 4.78 is 0. The monoisotopic (exact) mass is 348 g/mol. The van der Waals surface area contributed by atoms with Crippen LogP contribution >= 0.6 is 0 Å². The Bertz CT molecular complexity index is 931. The lowest BCUT2D eigenvalue weighted by atomic mass is 10.0. The van der Waals surface area contributed by atoms with Crippen LogP contribution in [0.4, 0.5) is 0 Å². The smallest absolute Gasteiger partial charge is 0.254 e. The second-order valence-corrected chi connectivity index (χ2v) is 6.60. The fourth-order valence-electron chi connectivity index (χ4n) is 2.97. The molecule has 3 N–H and O–H groups in total. The van der Waals surface area contributed by atoms with Crippen LogP contribution in [0.1, 0.15) is 28.8 Å². The number of H-pyrrole nitrogens is 1. The number of nitrogens with zero attached hydrogens (tertiary/aromatic N) is 1. The number of aromatic nitrogens is 2. The summed E-state index contributed by atoms with van der Waals surface area (Å²) in [4.78, 5) is 32.6. The Labute approximate surface area is 151 Å². The Morgan fingerprint density at radius 3 is 2.73 bits per heavy atom. The molecule has 6 nitrogen and oxygen atoms in total. The molecule has 0 radical (unpaired) electrons. The highest BCUT2D eigenvalue weighted by Crippen LogP contribution is 2.19. The molecule has 1 aromatic carbocycles. The van der Waals surface area contributed by atoms with Crippen molar-refractivity contribution in [2.75, 3.05) is 0 Å². The number of hydrogen-bond donors (Lipinski definition) is 3. The first-order valence-electron chi connectivity index (χ1n) is 8.78. The topological polar surface area (TPSA) is 86.9 Å². The van der Waals surface area contributed by atoms with Crippen molar-refractivity contribution >= 4 is 22.8 Å². The standard InChI is InChI=1S/C20H20N4O2/c25-19(16-12-22-18-15(16)7-4-10-21-18)24-17(20(26)23-14-8-9-14)11-13-5-2-1-3-6-13/h1-7,10,12,14,17H,8-9,11H2,(H,21,22)(H,23,26)(H,24,25). The fourth-order valence-corrected chi connectivity index (χ4v) is 2.97. The molecule has 1 fully saturated rings. The highest BCUT2D eigenvalue weighted by molar-refractivity contribution is 6.07. The number of hydrogen-bond acceptors (Lipinski definition) is 3. The van der Waals surface area contributed by atoms with Crippen molar-refractivity contribution in [3.05, 3.63) is 66.0 Å². The Morgan fingerprint density at radius 1 is 1.15 bits per heavy atom. The van der Waals surface area contributed by atoms with Gasteiger partial charge < -0.3 is 15.6 Å². The Hall–Kier alpha value is -3.15. The molecule has 6 heteroatoms. The average molecular weight is 348 g/mol. The number of nitrogens with one attached hydrogen (secondary N) is 3. The molecule has 3 aromatic rings. The molecular formula is C20H20N4O2. The van der Waals surface area contributed by atoms with Gasteiger partial charge in [-0.3, -0.25) is 9.59 Å². The van der Waals surface area contributed by atoms with Gasteiger partial charge in [0, 0.05) is 30.2 Å². The second kappa shape index (κ2) is 7.00. The summed E-state index contributed by atoms with van der Waals surface area (Å²) in [6.45, 7) is 0. The molecule has 1 aliphatic carbocycles. The maximum Gasteiger partial charge on any atom is 0.254 e. The molecular weight excluding hydrogens is 328 g/mol. The van der Waals surface area contributed by atoms with Gasteiger partial charge in [-0.15, -0.1) is 0 Å². The van der Waals surface area contributed by atoms with Crippen LogP contribution in [0.2, 0.25) is 0 Å². The van der Waals surface area contributed by atoms with Gasteiger partial charge in [-0.1, -0.05) is 30.3 Å². The summed E-state index contributed by atoms with van der Waals surface area (Å²) in [5, 5.41) is 6.62. The first-order valence-corrected chi connectivity index (χ1v) is 8.78. The third kappa shape index (κ3) is 3.59.